The number of fused-ring (bicyclic) bond motifs is 2. The van der Waals surface area contributed by atoms with Crippen LogP contribution in [0.1, 0.15) is 33.4 Å². The minimum Gasteiger partial charge on any atom is -0.0620 e. The summed E-state index contributed by atoms with van der Waals surface area (Å²) in [4.78, 5) is 0. The largest absolute Gasteiger partial charge is 0.112 e. The molecule has 41 heavy (non-hydrogen) atoms. The number of hydrogen-bond donors (Lipinski definition) is 0. The molecular weight excluding hydrogens is 509 g/mol. The number of benzene rings is 6. The molecule has 0 bridgehead atoms. The van der Waals surface area contributed by atoms with E-state index in [1.165, 1.54) is 65.3 Å². The lowest BCUT2D eigenvalue weighted by atomic mass is 10.0. The van der Waals surface area contributed by atoms with E-state index in [9.17, 15) is 0 Å². The molecule has 6 aromatic carbocycles. The summed E-state index contributed by atoms with van der Waals surface area (Å²) in [5, 5.41) is 8.05. The molecule has 0 heterocycles. The van der Waals surface area contributed by atoms with E-state index in [0.29, 0.717) is 0 Å². The summed E-state index contributed by atoms with van der Waals surface area (Å²) in [6, 6.07) is 44.9. The van der Waals surface area contributed by atoms with Crippen molar-refractivity contribution in [2.24, 2.45) is 0 Å². The number of hydrogen-bond acceptors (Lipinski definition) is 0. The molecule has 0 fully saturated rings. The zero-order valence-electron chi connectivity index (χ0n) is 24.4. The summed E-state index contributed by atoms with van der Waals surface area (Å²) >= 11 is 0. The maximum absolute atomic E-state index is 2.44. The summed E-state index contributed by atoms with van der Waals surface area (Å²) in [5.41, 5.74) is 7.51. The van der Waals surface area contributed by atoms with Crippen molar-refractivity contribution in [1.29, 1.82) is 0 Å². The zero-order chi connectivity index (χ0) is 28.4. The van der Waals surface area contributed by atoms with Gasteiger partial charge in [0.25, 0.3) is 0 Å². The van der Waals surface area contributed by atoms with Crippen LogP contribution in [0.25, 0.3) is 45.8 Å². The number of rotatable bonds is 6. The molecule has 0 aliphatic heterocycles. The van der Waals surface area contributed by atoms with Crippen molar-refractivity contribution in [3.05, 3.63) is 155 Å². The van der Waals surface area contributed by atoms with Gasteiger partial charge in [-0.25, -0.2) is 0 Å². The molecule has 0 aliphatic rings. The zero-order valence-corrected chi connectivity index (χ0v) is 25.4. The first-order valence-electron chi connectivity index (χ1n) is 14.4. The van der Waals surface area contributed by atoms with Crippen LogP contribution < -0.4 is 10.4 Å². The Balaban J connectivity index is 1.14. The first-order valence-corrected chi connectivity index (χ1v) is 17.4. The van der Waals surface area contributed by atoms with Crippen LogP contribution in [0.4, 0.5) is 0 Å². The van der Waals surface area contributed by atoms with Gasteiger partial charge in [-0.1, -0.05) is 168 Å². The maximum atomic E-state index is 2.44. The third-order valence-corrected chi connectivity index (χ3v) is 11.8. The van der Waals surface area contributed by atoms with E-state index in [0.717, 1.165) is 0 Å². The van der Waals surface area contributed by atoms with Gasteiger partial charge in [0.15, 0.2) is 0 Å². The quantitative estimate of drug-likeness (QED) is 0.145. The Kier molecular flexibility index (Phi) is 7.30. The minimum absolute atomic E-state index is 1.23. The van der Waals surface area contributed by atoms with Gasteiger partial charge < -0.3 is 0 Å². The topological polar surface area (TPSA) is 0 Å². The van der Waals surface area contributed by atoms with E-state index in [4.69, 9.17) is 0 Å². The molecule has 1 heteroatoms. The first-order chi connectivity index (χ1) is 19.8. The van der Waals surface area contributed by atoms with Gasteiger partial charge >= 0.3 is 0 Å². The molecule has 0 aliphatic carbocycles. The third-order valence-electron chi connectivity index (χ3n) is 8.24. The van der Waals surface area contributed by atoms with Gasteiger partial charge in [-0.3, -0.25) is 0 Å². The predicted octanol–water partition coefficient (Wildman–Crippen LogP) is 9.77. The SMILES string of the molecule is Cc1ccc2cc(C=Cc3ccc([Si](C)(C)c4ccc(C=Cc5ccc6cc(C)ccc6c5)cc4)cc3)ccc2c1. The van der Waals surface area contributed by atoms with Crippen LogP contribution in [-0.2, 0) is 0 Å². The smallest absolute Gasteiger partial charge is 0.0620 e. The van der Waals surface area contributed by atoms with Crippen LogP contribution in [0, 0.1) is 13.8 Å². The van der Waals surface area contributed by atoms with Crippen LogP contribution >= 0.6 is 0 Å². The highest BCUT2D eigenvalue weighted by atomic mass is 28.3. The van der Waals surface area contributed by atoms with Gasteiger partial charge in [0.1, 0.15) is 8.07 Å². The van der Waals surface area contributed by atoms with Crippen molar-refractivity contribution in [2.75, 3.05) is 0 Å². The Morgan fingerprint density at radius 3 is 1.10 bits per heavy atom. The standard InChI is InChI=1S/C40H36Si/c1-29-5-17-37-27-33(11-19-35(37)25-29)9-7-31-13-21-39(22-14-31)41(3,4)40-23-15-32(16-24-40)8-10-34-12-20-36-26-30(2)6-18-38(36)28-34/h5-28H,1-4H3. The number of aryl methyl sites for hydroxylation is 2. The van der Waals surface area contributed by atoms with Crippen molar-refractivity contribution in [2.45, 2.75) is 26.9 Å². The van der Waals surface area contributed by atoms with E-state index in [1.54, 1.807) is 0 Å². The second-order valence-electron chi connectivity index (χ2n) is 11.8. The van der Waals surface area contributed by atoms with Crippen molar-refractivity contribution in [3.8, 4) is 0 Å². The van der Waals surface area contributed by atoms with Gasteiger partial charge in [-0.15, -0.1) is 0 Å². The van der Waals surface area contributed by atoms with Gasteiger partial charge in [-0.05, 0) is 69.8 Å². The minimum atomic E-state index is -1.79. The van der Waals surface area contributed by atoms with Gasteiger partial charge in [0.05, 0.1) is 0 Å². The Morgan fingerprint density at radius 2 is 0.683 bits per heavy atom. The average Bonchev–Trinajstić information content (AvgIpc) is 2.99. The highest BCUT2D eigenvalue weighted by molar-refractivity contribution is 7.00. The average molecular weight is 545 g/mol. The van der Waals surface area contributed by atoms with Crippen molar-refractivity contribution in [3.63, 3.8) is 0 Å². The molecule has 6 aromatic rings. The Morgan fingerprint density at radius 1 is 0.366 bits per heavy atom. The molecule has 0 radical (unpaired) electrons. The van der Waals surface area contributed by atoms with Gasteiger partial charge in [-0.2, -0.15) is 0 Å². The Bertz CT molecular complexity index is 1760. The van der Waals surface area contributed by atoms with Gasteiger partial charge in [0.2, 0.25) is 0 Å². The predicted molar refractivity (Wildman–Crippen MR) is 185 cm³/mol. The van der Waals surface area contributed by atoms with E-state index >= 15 is 0 Å². The van der Waals surface area contributed by atoms with E-state index < -0.39 is 8.07 Å². The summed E-state index contributed by atoms with van der Waals surface area (Å²) in [5.74, 6) is 0. The molecule has 6 rings (SSSR count). The highest BCUT2D eigenvalue weighted by Crippen LogP contribution is 2.21. The molecule has 0 atom stereocenters. The van der Waals surface area contributed by atoms with Crippen LogP contribution in [0.2, 0.25) is 13.1 Å². The van der Waals surface area contributed by atoms with E-state index in [1.807, 2.05) is 0 Å². The highest BCUT2D eigenvalue weighted by Gasteiger charge is 2.25. The summed E-state index contributed by atoms with van der Waals surface area (Å²) in [6.45, 7) is 9.16. The molecule has 200 valence electrons. The fourth-order valence-corrected chi connectivity index (χ4v) is 7.88. The Hall–Kier alpha value is -4.46. The summed E-state index contributed by atoms with van der Waals surface area (Å²) in [6.07, 6.45) is 8.85. The normalized spacial score (nSPS) is 12.2. The van der Waals surface area contributed by atoms with Crippen molar-refractivity contribution >= 4 is 64.3 Å². The summed E-state index contributed by atoms with van der Waals surface area (Å²) in [7, 11) is -1.79. The monoisotopic (exact) mass is 544 g/mol. The molecule has 0 amide bonds. The Labute approximate surface area is 245 Å². The second-order valence-corrected chi connectivity index (χ2v) is 16.2. The van der Waals surface area contributed by atoms with Crippen LogP contribution in [0.15, 0.2) is 121 Å². The summed E-state index contributed by atoms with van der Waals surface area (Å²) < 4.78 is 0. The molecule has 0 spiro atoms. The lowest BCUT2D eigenvalue weighted by Crippen LogP contribution is -2.52. The van der Waals surface area contributed by atoms with E-state index in [2.05, 4.69) is 173 Å². The lowest BCUT2D eigenvalue weighted by Gasteiger charge is -2.24. The van der Waals surface area contributed by atoms with Crippen molar-refractivity contribution < 1.29 is 0 Å². The second kappa shape index (κ2) is 11.2. The third kappa shape index (κ3) is 6.01. The maximum Gasteiger partial charge on any atom is 0.112 e. The first kappa shape index (κ1) is 26.7. The van der Waals surface area contributed by atoms with Crippen LogP contribution in [0.3, 0.4) is 0 Å². The molecule has 0 saturated carbocycles. The molecular formula is C40H36Si. The fourth-order valence-electron chi connectivity index (χ4n) is 5.55. The van der Waals surface area contributed by atoms with Gasteiger partial charge in [0, 0.05) is 0 Å². The van der Waals surface area contributed by atoms with Crippen LogP contribution in [0.5, 0.6) is 0 Å². The molecule has 0 N–H and O–H groups in total. The van der Waals surface area contributed by atoms with E-state index in [-0.39, 0.29) is 0 Å². The fraction of sp³-hybridized carbons (Fsp3) is 0.100. The molecule has 0 unspecified atom stereocenters. The van der Waals surface area contributed by atoms with Crippen molar-refractivity contribution in [1.82, 2.24) is 0 Å². The molecule has 0 nitrogen and oxygen atoms in total. The molecule has 0 saturated heterocycles. The molecule has 0 aromatic heterocycles. The lowest BCUT2D eigenvalue weighted by molar-refractivity contribution is 1.50. The van der Waals surface area contributed by atoms with Crippen LogP contribution in [-0.4, -0.2) is 8.07 Å².